The predicted octanol–water partition coefficient (Wildman–Crippen LogP) is -0.443. The number of aryl methyl sites for hydroxylation is 1. The van der Waals surface area contributed by atoms with Crippen LogP contribution in [-0.2, 0) is 4.74 Å². The Morgan fingerprint density at radius 3 is 3.06 bits per heavy atom. The van der Waals surface area contributed by atoms with Gasteiger partial charge < -0.3 is 9.84 Å². The molecule has 0 aliphatic carbocycles. The van der Waals surface area contributed by atoms with E-state index in [-0.39, 0.29) is 24.3 Å². The molecule has 94 valence electrons. The minimum Gasteiger partial charge on any atom is -0.396 e. The molecule has 0 amide bonds. The Morgan fingerprint density at radius 1 is 1.59 bits per heavy atom. The summed E-state index contributed by atoms with van der Waals surface area (Å²) in [6.45, 7) is 2.25. The number of aliphatic hydroxyl groups excluding tert-OH is 1. The number of aromatic nitrogens is 2. The number of hydrogen-bond donors (Lipinski definition) is 2. The van der Waals surface area contributed by atoms with Gasteiger partial charge in [0.25, 0.3) is 5.56 Å². The van der Waals surface area contributed by atoms with Crippen LogP contribution >= 0.6 is 0 Å². The van der Waals surface area contributed by atoms with Crippen LogP contribution in [0.1, 0.15) is 24.4 Å². The van der Waals surface area contributed by atoms with Gasteiger partial charge in [0.05, 0.1) is 12.1 Å². The lowest BCUT2D eigenvalue weighted by atomic mass is 10.1. The Kier molecular flexibility index (Phi) is 3.44. The van der Waals surface area contributed by atoms with E-state index in [1.54, 1.807) is 13.1 Å². The summed E-state index contributed by atoms with van der Waals surface area (Å²) < 4.78 is 6.98. The van der Waals surface area contributed by atoms with E-state index >= 15 is 0 Å². The van der Waals surface area contributed by atoms with Crippen molar-refractivity contribution in [2.24, 2.45) is 0 Å². The van der Waals surface area contributed by atoms with Crippen molar-refractivity contribution in [3.8, 4) is 0 Å². The zero-order valence-electron chi connectivity index (χ0n) is 9.68. The summed E-state index contributed by atoms with van der Waals surface area (Å²) in [6, 6.07) is -0.106. The summed E-state index contributed by atoms with van der Waals surface area (Å²) >= 11 is 0. The van der Waals surface area contributed by atoms with Crippen LogP contribution in [0.5, 0.6) is 0 Å². The van der Waals surface area contributed by atoms with Crippen molar-refractivity contribution in [3.05, 3.63) is 32.6 Å². The highest BCUT2D eigenvalue weighted by molar-refractivity contribution is 5.03. The zero-order chi connectivity index (χ0) is 12.4. The third kappa shape index (κ3) is 2.32. The fraction of sp³-hybridized carbons (Fsp3) is 0.636. The maximum atomic E-state index is 11.7. The minimum atomic E-state index is -0.418. The molecule has 6 nitrogen and oxygen atoms in total. The molecule has 1 aromatic heterocycles. The van der Waals surface area contributed by atoms with Gasteiger partial charge in [0.2, 0.25) is 0 Å². The van der Waals surface area contributed by atoms with Gasteiger partial charge in [-0.3, -0.25) is 14.3 Å². The minimum absolute atomic E-state index is 0.0260. The van der Waals surface area contributed by atoms with Crippen LogP contribution in [0.2, 0.25) is 0 Å². The molecule has 1 aliphatic heterocycles. The van der Waals surface area contributed by atoms with E-state index in [1.807, 2.05) is 0 Å². The Labute approximate surface area is 97.9 Å². The van der Waals surface area contributed by atoms with Gasteiger partial charge in [-0.2, -0.15) is 0 Å². The first-order chi connectivity index (χ1) is 8.13. The van der Waals surface area contributed by atoms with Crippen molar-refractivity contribution < 1.29 is 9.84 Å². The first kappa shape index (κ1) is 12.1. The number of nitrogens with zero attached hydrogens (tertiary/aromatic N) is 1. The van der Waals surface area contributed by atoms with Crippen molar-refractivity contribution in [2.45, 2.75) is 31.9 Å². The predicted molar refractivity (Wildman–Crippen MR) is 61.2 cm³/mol. The lowest BCUT2D eigenvalue weighted by molar-refractivity contribution is 0.0684. The third-order valence-corrected chi connectivity index (χ3v) is 3.09. The number of ether oxygens (including phenoxy) is 1. The van der Waals surface area contributed by atoms with Crippen molar-refractivity contribution in [1.82, 2.24) is 9.55 Å². The molecule has 0 spiro atoms. The lowest BCUT2D eigenvalue weighted by Crippen LogP contribution is -2.36. The Bertz CT molecular complexity index is 505. The highest BCUT2D eigenvalue weighted by atomic mass is 16.5. The van der Waals surface area contributed by atoms with Gasteiger partial charge in [-0.1, -0.05) is 0 Å². The fourth-order valence-electron chi connectivity index (χ4n) is 2.19. The number of H-pyrrole nitrogens is 1. The van der Waals surface area contributed by atoms with Gasteiger partial charge in [0.1, 0.15) is 0 Å². The molecule has 2 heterocycles. The SMILES string of the molecule is Cc1cn([C@@H]2CCO[C@@H]2CCO)c(=O)[nH]c1=O. The van der Waals surface area contributed by atoms with Crippen molar-refractivity contribution in [3.63, 3.8) is 0 Å². The van der Waals surface area contributed by atoms with Crippen LogP contribution < -0.4 is 11.2 Å². The molecule has 0 unspecified atom stereocenters. The number of aromatic amines is 1. The van der Waals surface area contributed by atoms with E-state index in [1.165, 1.54) is 4.57 Å². The zero-order valence-corrected chi connectivity index (χ0v) is 9.68. The second kappa shape index (κ2) is 4.85. The van der Waals surface area contributed by atoms with Crippen LogP contribution in [-0.4, -0.2) is 34.0 Å². The van der Waals surface area contributed by atoms with Gasteiger partial charge in [0.15, 0.2) is 0 Å². The molecule has 0 radical (unpaired) electrons. The van der Waals surface area contributed by atoms with E-state index < -0.39 is 5.69 Å². The highest BCUT2D eigenvalue weighted by Gasteiger charge is 2.30. The first-order valence-corrected chi connectivity index (χ1v) is 5.68. The molecule has 1 saturated heterocycles. The van der Waals surface area contributed by atoms with Crippen LogP contribution in [0.25, 0.3) is 0 Å². The smallest absolute Gasteiger partial charge is 0.328 e. The van der Waals surface area contributed by atoms with Crippen molar-refractivity contribution in [2.75, 3.05) is 13.2 Å². The van der Waals surface area contributed by atoms with Crippen LogP contribution in [0, 0.1) is 6.92 Å². The van der Waals surface area contributed by atoms with E-state index in [0.717, 1.165) is 6.42 Å². The van der Waals surface area contributed by atoms with Gasteiger partial charge in [0, 0.05) is 25.0 Å². The Balaban J connectivity index is 2.36. The molecule has 0 saturated carbocycles. The van der Waals surface area contributed by atoms with Crippen LogP contribution in [0.4, 0.5) is 0 Å². The highest BCUT2D eigenvalue weighted by Crippen LogP contribution is 2.26. The summed E-state index contributed by atoms with van der Waals surface area (Å²) in [5.74, 6) is 0. The average Bonchev–Trinajstić information content (AvgIpc) is 2.72. The molecule has 1 aromatic rings. The maximum Gasteiger partial charge on any atom is 0.328 e. The molecule has 6 heteroatoms. The molecule has 1 fully saturated rings. The third-order valence-electron chi connectivity index (χ3n) is 3.09. The second-order valence-corrected chi connectivity index (χ2v) is 4.26. The summed E-state index contributed by atoms with van der Waals surface area (Å²) in [7, 11) is 0. The first-order valence-electron chi connectivity index (χ1n) is 5.68. The second-order valence-electron chi connectivity index (χ2n) is 4.26. The summed E-state index contributed by atoms with van der Waals surface area (Å²) in [6.07, 6.45) is 2.61. The van der Waals surface area contributed by atoms with Gasteiger partial charge in [-0.25, -0.2) is 4.79 Å². The topological polar surface area (TPSA) is 84.3 Å². The molecular weight excluding hydrogens is 224 g/mol. The van der Waals surface area contributed by atoms with Crippen molar-refractivity contribution >= 4 is 0 Å². The summed E-state index contributed by atoms with van der Waals surface area (Å²) in [5.41, 5.74) is -0.276. The van der Waals surface area contributed by atoms with Gasteiger partial charge in [-0.15, -0.1) is 0 Å². The van der Waals surface area contributed by atoms with Gasteiger partial charge >= 0.3 is 5.69 Å². The molecule has 1 aliphatic rings. The van der Waals surface area contributed by atoms with Gasteiger partial charge in [-0.05, 0) is 19.8 Å². The monoisotopic (exact) mass is 240 g/mol. The van der Waals surface area contributed by atoms with Crippen LogP contribution in [0.15, 0.2) is 15.8 Å². The number of nitrogens with one attached hydrogen (secondary N) is 1. The molecule has 2 atom stereocenters. The standard InChI is InChI=1S/C11H16N2O4/c1-7-6-13(11(16)12-10(7)15)8-3-5-17-9(8)2-4-14/h6,8-9,14H,2-5H2,1H3,(H,12,15,16)/t8-,9-/m1/s1. The quantitative estimate of drug-likeness (QED) is 0.750. The van der Waals surface area contributed by atoms with Crippen molar-refractivity contribution in [1.29, 1.82) is 0 Å². The fourth-order valence-corrected chi connectivity index (χ4v) is 2.19. The number of rotatable bonds is 3. The average molecular weight is 240 g/mol. The van der Waals surface area contributed by atoms with Crippen LogP contribution in [0.3, 0.4) is 0 Å². The molecule has 2 rings (SSSR count). The number of hydrogen-bond acceptors (Lipinski definition) is 4. The summed E-state index contributed by atoms with van der Waals surface area (Å²) in [5, 5.41) is 8.93. The Hall–Kier alpha value is -1.40. The normalized spacial score (nSPS) is 24.1. The lowest BCUT2D eigenvalue weighted by Gasteiger charge is -2.19. The molecule has 0 aromatic carbocycles. The van der Waals surface area contributed by atoms with E-state index in [9.17, 15) is 9.59 Å². The Morgan fingerprint density at radius 2 is 2.35 bits per heavy atom. The largest absolute Gasteiger partial charge is 0.396 e. The molecular formula is C11H16N2O4. The van der Waals surface area contributed by atoms with E-state index in [0.29, 0.717) is 18.6 Å². The van der Waals surface area contributed by atoms with E-state index in [4.69, 9.17) is 9.84 Å². The maximum absolute atomic E-state index is 11.7. The van der Waals surface area contributed by atoms with E-state index in [2.05, 4.69) is 4.98 Å². The molecule has 17 heavy (non-hydrogen) atoms. The molecule has 0 bridgehead atoms. The molecule has 2 N–H and O–H groups in total. The number of aliphatic hydroxyl groups is 1. The summed E-state index contributed by atoms with van der Waals surface area (Å²) in [4.78, 5) is 25.3.